The fourth-order valence-electron chi connectivity index (χ4n) is 3.45. The van der Waals surface area contributed by atoms with Gasteiger partial charge >= 0.3 is 0 Å². The van der Waals surface area contributed by atoms with Gasteiger partial charge in [0, 0.05) is 41.1 Å². The van der Waals surface area contributed by atoms with E-state index in [-0.39, 0.29) is 11.8 Å². The Morgan fingerprint density at radius 3 is 2.22 bits per heavy atom. The second-order valence-corrected chi connectivity index (χ2v) is 7.99. The molecule has 2 heterocycles. The molecule has 0 aliphatic carbocycles. The van der Waals surface area contributed by atoms with E-state index in [9.17, 15) is 9.59 Å². The van der Waals surface area contributed by atoms with Gasteiger partial charge in [0.1, 0.15) is 0 Å². The van der Waals surface area contributed by atoms with E-state index >= 15 is 0 Å². The number of aromatic nitrogens is 2. The summed E-state index contributed by atoms with van der Waals surface area (Å²) in [6, 6.07) is 20.2. The average molecular weight is 425 g/mol. The maximum atomic E-state index is 13.2. The lowest BCUT2D eigenvalue weighted by Gasteiger charge is -2.11. The van der Waals surface area contributed by atoms with Gasteiger partial charge in [0.05, 0.1) is 16.8 Å². The van der Waals surface area contributed by atoms with E-state index in [1.807, 2.05) is 50.2 Å². The summed E-state index contributed by atoms with van der Waals surface area (Å²) in [5, 5.41) is 6.60. The zero-order chi connectivity index (χ0) is 22.5. The van der Waals surface area contributed by atoms with Crippen molar-refractivity contribution in [2.45, 2.75) is 20.3 Å². The van der Waals surface area contributed by atoms with Gasteiger partial charge in [-0.25, -0.2) is 4.98 Å². The summed E-state index contributed by atoms with van der Waals surface area (Å²) in [5.74, 6) is 0.0416. The molecule has 0 saturated heterocycles. The molecule has 0 atom stereocenters. The third kappa shape index (κ3) is 4.98. The van der Waals surface area contributed by atoms with Gasteiger partial charge in [-0.1, -0.05) is 32.0 Å². The summed E-state index contributed by atoms with van der Waals surface area (Å²) in [7, 11) is 0. The topological polar surface area (TPSA) is 84.0 Å². The summed E-state index contributed by atoms with van der Waals surface area (Å²) in [6.07, 6.45) is 3.87. The summed E-state index contributed by atoms with van der Waals surface area (Å²) < 4.78 is 0. The van der Waals surface area contributed by atoms with Crippen LogP contribution in [-0.2, 0) is 4.79 Å². The Morgan fingerprint density at radius 2 is 1.53 bits per heavy atom. The molecule has 0 aliphatic rings. The highest BCUT2D eigenvalue weighted by Gasteiger charge is 2.14. The van der Waals surface area contributed by atoms with Crippen molar-refractivity contribution in [1.29, 1.82) is 0 Å². The normalized spacial score (nSPS) is 10.8. The number of para-hydroxylation sites is 1. The van der Waals surface area contributed by atoms with Gasteiger partial charge in [-0.15, -0.1) is 0 Å². The van der Waals surface area contributed by atoms with Crippen LogP contribution >= 0.6 is 0 Å². The van der Waals surface area contributed by atoms with E-state index in [2.05, 4.69) is 15.6 Å². The SMILES string of the molecule is CC(C)CC(=O)Nc1ccc(NC(=O)c2cc(-c3ccncc3)nc3ccccc23)cc1. The minimum absolute atomic E-state index is 0.0244. The van der Waals surface area contributed by atoms with Gasteiger partial charge in [0.15, 0.2) is 0 Å². The number of nitrogens with one attached hydrogen (secondary N) is 2. The van der Waals surface area contributed by atoms with Crippen LogP contribution in [0.2, 0.25) is 0 Å². The van der Waals surface area contributed by atoms with Gasteiger partial charge in [0.25, 0.3) is 5.91 Å². The molecule has 2 amide bonds. The van der Waals surface area contributed by atoms with Crippen LogP contribution in [0.25, 0.3) is 22.2 Å². The first-order chi connectivity index (χ1) is 15.5. The number of hydrogen-bond donors (Lipinski definition) is 2. The first kappa shape index (κ1) is 21.2. The van der Waals surface area contributed by atoms with Crippen molar-refractivity contribution in [3.63, 3.8) is 0 Å². The first-order valence-electron chi connectivity index (χ1n) is 10.5. The van der Waals surface area contributed by atoms with E-state index in [1.54, 1.807) is 42.7 Å². The lowest BCUT2D eigenvalue weighted by atomic mass is 10.0. The van der Waals surface area contributed by atoms with Crippen molar-refractivity contribution in [2.75, 3.05) is 10.6 Å². The number of rotatable bonds is 6. The number of hydrogen-bond acceptors (Lipinski definition) is 4. The van der Waals surface area contributed by atoms with Crippen LogP contribution < -0.4 is 10.6 Å². The molecule has 0 spiro atoms. The molecule has 0 fully saturated rings. The van der Waals surface area contributed by atoms with Gasteiger partial charge in [-0.2, -0.15) is 0 Å². The van der Waals surface area contributed by atoms with Crippen molar-refractivity contribution in [3.05, 3.63) is 84.7 Å². The Balaban J connectivity index is 1.58. The summed E-state index contributed by atoms with van der Waals surface area (Å²) >= 11 is 0. The number of nitrogens with zero attached hydrogens (tertiary/aromatic N) is 2. The minimum atomic E-state index is -0.226. The van der Waals surface area contributed by atoms with Crippen molar-refractivity contribution in [3.8, 4) is 11.3 Å². The fraction of sp³-hybridized carbons (Fsp3) is 0.154. The van der Waals surface area contributed by atoms with Crippen molar-refractivity contribution >= 4 is 34.1 Å². The lowest BCUT2D eigenvalue weighted by Crippen LogP contribution is -2.14. The van der Waals surface area contributed by atoms with Crippen LogP contribution in [0.5, 0.6) is 0 Å². The third-order valence-electron chi connectivity index (χ3n) is 4.96. The molecule has 2 aromatic heterocycles. The monoisotopic (exact) mass is 424 g/mol. The van der Waals surface area contributed by atoms with E-state index < -0.39 is 0 Å². The molecule has 0 bridgehead atoms. The Bertz CT molecular complexity index is 1250. The van der Waals surface area contributed by atoms with Gasteiger partial charge < -0.3 is 10.6 Å². The van der Waals surface area contributed by atoms with Gasteiger partial charge in [-0.3, -0.25) is 14.6 Å². The number of carbonyl (C=O) groups is 2. The smallest absolute Gasteiger partial charge is 0.256 e. The molecule has 6 nitrogen and oxygen atoms in total. The lowest BCUT2D eigenvalue weighted by molar-refractivity contribution is -0.116. The molecular weight excluding hydrogens is 400 g/mol. The molecule has 4 aromatic rings. The second kappa shape index (κ2) is 9.39. The van der Waals surface area contributed by atoms with E-state index in [0.29, 0.717) is 35.0 Å². The zero-order valence-corrected chi connectivity index (χ0v) is 18.0. The number of benzene rings is 2. The highest BCUT2D eigenvalue weighted by atomic mass is 16.2. The maximum absolute atomic E-state index is 13.2. The summed E-state index contributed by atoms with van der Waals surface area (Å²) in [5.41, 5.74) is 4.22. The Labute approximate surface area is 186 Å². The second-order valence-electron chi connectivity index (χ2n) is 7.99. The molecule has 2 aromatic carbocycles. The third-order valence-corrected chi connectivity index (χ3v) is 4.96. The molecule has 0 radical (unpaired) electrons. The number of pyridine rings is 2. The largest absolute Gasteiger partial charge is 0.326 e. The molecule has 0 aliphatic heterocycles. The van der Waals surface area contributed by atoms with E-state index in [1.165, 1.54) is 0 Å². The fourth-order valence-corrected chi connectivity index (χ4v) is 3.45. The number of anilines is 2. The number of fused-ring (bicyclic) bond motifs is 1. The molecular formula is C26H24N4O2. The van der Waals surface area contributed by atoms with Crippen LogP contribution in [0, 0.1) is 5.92 Å². The highest BCUT2D eigenvalue weighted by Crippen LogP contribution is 2.25. The summed E-state index contributed by atoms with van der Waals surface area (Å²) in [4.78, 5) is 33.9. The zero-order valence-electron chi connectivity index (χ0n) is 18.0. The molecule has 160 valence electrons. The van der Waals surface area contributed by atoms with E-state index in [0.717, 1.165) is 16.5 Å². The number of amides is 2. The molecule has 32 heavy (non-hydrogen) atoms. The molecule has 6 heteroatoms. The quantitative estimate of drug-likeness (QED) is 0.426. The van der Waals surface area contributed by atoms with Crippen molar-refractivity contribution in [2.24, 2.45) is 5.92 Å². The van der Waals surface area contributed by atoms with Crippen LogP contribution in [0.4, 0.5) is 11.4 Å². The molecule has 4 rings (SSSR count). The predicted octanol–water partition coefficient (Wildman–Crippen LogP) is 5.53. The van der Waals surface area contributed by atoms with Crippen LogP contribution in [-0.4, -0.2) is 21.8 Å². The van der Waals surface area contributed by atoms with Crippen molar-refractivity contribution in [1.82, 2.24) is 9.97 Å². The molecule has 0 saturated carbocycles. The minimum Gasteiger partial charge on any atom is -0.326 e. The molecule has 2 N–H and O–H groups in total. The Kier molecular flexibility index (Phi) is 6.22. The predicted molar refractivity (Wildman–Crippen MR) is 127 cm³/mol. The summed E-state index contributed by atoms with van der Waals surface area (Å²) in [6.45, 7) is 4.00. The highest BCUT2D eigenvalue weighted by molar-refractivity contribution is 6.13. The van der Waals surface area contributed by atoms with Crippen molar-refractivity contribution < 1.29 is 9.59 Å². The number of carbonyl (C=O) groups excluding carboxylic acids is 2. The average Bonchev–Trinajstić information content (AvgIpc) is 2.79. The van der Waals surface area contributed by atoms with Gasteiger partial charge in [-0.05, 0) is 54.4 Å². The first-order valence-corrected chi connectivity index (χ1v) is 10.5. The maximum Gasteiger partial charge on any atom is 0.256 e. The standard InChI is InChI=1S/C26H24N4O2/c1-17(2)15-25(31)28-19-7-9-20(10-8-19)29-26(32)22-16-24(18-11-13-27-14-12-18)30-23-6-4-3-5-21(22)23/h3-14,16-17H,15H2,1-2H3,(H,28,31)(H,29,32). The Morgan fingerprint density at radius 1 is 0.875 bits per heavy atom. The van der Waals surface area contributed by atoms with Crippen LogP contribution in [0.1, 0.15) is 30.6 Å². The van der Waals surface area contributed by atoms with Gasteiger partial charge in [0.2, 0.25) is 5.91 Å². The Hall–Kier alpha value is -4.06. The van der Waals surface area contributed by atoms with E-state index in [4.69, 9.17) is 4.98 Å². The van der Waals surface area contributed by atoms with Crippen LogP contribution in [0.15, 0.2) is 79.1 Å². The molecule has 0 unspecified atom stereocenters. The van der Waals surface area contributed by atoms with Crippen LogP contribution in [0.3, 0.4) is 0 Å².